The summed E-state index contributed by atoms with van der Waals surface area (Å²) in [6.45, 7) is 7.54. The lowest BCUT2D eigenvalue weighted by atomic mass is 10.3. The summed E-state index contributed by atoms with van der Waals surface area (Å²) in [7, 11) is 0. The quantitative estimate of drug-likeness (QED) is 0.620. The number of hydrogen-bond acceptors (Lipinski definition) is 4. The molecule has 0 atom stereocenters. The highest BCUT2D eigenvalue weighted by Gasteiger charge is 2.13. The third kappa shape index (κ3) is 4.37. The van der Waals surface area contributed by atoms with Gasteiger partial charge in [0.1, 0.15) is 0 Å². The van der Waals surface area contributed by atoms with Crippen molar-refractivity contribution in [3.63, 3.8) is 0 Å². The molecule has 3 N–H and O–H groups in total. The van der Waals surface area contributed by atoms with E-state index in [-0.39, 0.29) is 6.61 Å². The Kier molecular flexibility index (Phi) is 6.10. The van der Waals surface area contributed by atoms with Crippen LogP contribution in [0.1, 0.15) is 12.8 Å². The molecule has 0 aromatic rings. The van der Waals surface area contributed by atoms with Crippen molar-refractivity contribution in [1.82, 2.24) is 9.80 Å². The van der Waals surface area contributed by atoms with Gasteiger partial charge < -0.3 is 15.7 Å². The molecule has 0 radical (unpaired) electrons. The maximum absolute atomic E-state index is 8.85. The molecule has 1 aliphatic rings. The van der Waals surface area contributed by atoms with Crippen LogP contribution in [0.25, 0.3) is 0 Å². The highest BCUT2D eigenvalue weighted by Crippen LogP contribution is 2.02. The Morgan fingerprint density at radius 3 is 2.21 bits per heavy atom. The number of β-amino-alcohol motifs (C(OH)–C–C–N with tert-alkyl or cyclic N) is 1. The lowest BCUT2D eigenvalue weighted by molar-refractivity contribution is 0.196. The van der Waals surface area contributed by atoms with E-state index in [0.717, 1.165) is 45.7 Å². The number of nitrogens with two attached hydrogens (primary N) is 1. The lowest BCUT2D eigenvalue weighted by Gasteiger charge is -2.20. The number of nitrogens with zero attached hydrogens (tertiary/aromatic N) is 2. The predicted molar refractivity (Wildman–Crippen MR) is 58.3 cm³/mol. The molecule has 4 heteroatoms. The molecule has 0 aliphatic carbocycles. The summed E-state index contributed by atoms with van der Waals surface area (Å²) in [6.07, 6.45) is 2.31. The van der Waals surface area contributed by atoms with Crippen molar-refractivity contribution in [2.24, 2.45) is 5.73 Å². The molecule has 1 saturated heterocycles. The highest BCUT2D eigenvalue weighted by molar-refractivity contribution is 4.69. The van der Waals surface area contributed by atoms with Gasteiger partial charge in [0.05, 0.1) is 6.61 Å². The Bertz CT molecular complexity index is 143. The molecule has 0 amide bonds. The third-order valence-corrected chi connectivity index (χ3v) is 2.78. The molecule has 14 heavy (non-hydrogen) atoms. The molecule has 0 spiro atoms. The highest BCUT2D eigenvalue weighted by atomic mass is 16.3. The lowest BCUT2D eigenvalue weighted by Crippen LogP contribution is -2.33. The average molecular weight is 201 g/mol. The summed E-state index contributed by atoms with van der Waals surface area (Å²) in [4.78, 5) is 4.81. The fraction of sp³-hybridized carbons (Fsp3) is 1.00. The maximum atomic E-state index is 8.85. The van der Waals surface area contributed by atoms with Gasteiger partial charge in [0, 0.05) is 19.6 Å². The SMILES string of the molecule is NCCCN1CCCN(CCO)CC1. The number of aliphatic hydroxyl groups excluding tert-OH is 1. The molecular formula is C10H23N3O. The van der Waals surface area contributed by atoms with Gasteiger partial charge in [0.2, 0.25) is 0 Å². The van der Waals surface area contributed by atoms with Crippen LogP contribution in [0.4, 0.5) is 0 Å². The second-order valence-corrected chi connectivity index (χ2v) is 3.90. The second-order valence-electron chi connectivity index (χ2n) is 3.90. The van der Waals surface area contributed by atoms with Gasteiger partial charge >= 0.3 is 0 Å². The second kappa shape index (κ2) is 7.17. The molecule has 4 nitrogen and oxygen atoms in total. The summed E-state index contributed by atoms with van der Waals surface area (Å²) in [5.41, 5.74) is 5.49. The Balaban J connectivity index is 2.19. The van der Waals surface area contributed by atoms with Crippen LogP contribution < -0.4 is 5.73 Å². The van der Waals surface area contributed by atoms with Gasteiger partial charge in [-0.1, -0.05) is 0 Å². The van der Waals surface area contributed by atoms with Gasteiger partial charge in [-0.05, 0) is 39.0 Å². The van der Waals surface area contributed by atoms with Gasteiger partial charge in [-0.15, -0.1) is 0 Å². The topological polar surface area (TPSA) is 52.7 Å². The van der Waals surface area contributed by atoms with E-state index in [1.807, 2.05) is 0 Å². The molecule has 0 aromatic heterocycles. The molecule has 0 unspecified atom stereocenters. The van der Waals surface area contributed by atoms with Crippen LogP contribution in [-0.2, 0) is 0 Å². The molecule has 1 heterocycles. The van der Waals surface area contributed by atoms with Gasteiger partial charge in [-0.2, -0.15) is 0 Å². The molecule has 1 fully saturated rings. The van der Waals surface area contributed by atoms with E-state index >= 15 is 0 Å². The number of rotatable bonds is 5. The summed E-state index contributed by atoms with van der Waals surface area (Å²) in [5, 5.41) is 8.85. The first-order valence-corrected chi connectivity index (χ1v) is 5.62. The summed E-state index contributed by atoms with van der Waals surface area (Å²) < 4.78 is 0. The first kappa shape index (κ1) is 11.9. The zero-order valence-corrected chi connectivity index (χ0v) is 8.99. The standard InChI is InChI=1S/C10H23N3O/c11-3-1-4-12-5-2-6-13(8-7-12)9-10-14/h14H,1-11H2. The normalized spacial score (nSPS) is 21.0. The van der Waals surface area contributed by atoms with E-state index in [4.69, 9.17) is 10.8 Å². The molecule has 0 aromatic carbocycles. The van der Waals surface area contributed by atoms with Crippen LogP contribution in [-0.4, -0.2) is 67.3 Å². The van der Waals surface area contributed by atoms with Crippen molar-refractivity contribution in [2.75, 3.05) is 52.4 Å². The zero-order valence-electron chi connectivity index (χ0n) is 8.99. The molecular weight excluding hydrogens is 178 g/mol. The van der Waals surface area contributed by atoms with E-state index in [1.165, 1.54) is 13.0 Å². The molecule has 0 bridgehead atoms. The zero-order chi connectivity index (χ0) is 10.2. The number of aliphatic hydroxyl groups is 1. The van der Waals surface area contributed by atoms with E-state index in [9.17, 15) is 0 Å². The van der Waals surface area contributed by atoms with Crippen LogP contribution in [0, 0.1) is 0 Å². The van der Waals surface area contributed by atoms with Gasteiger partial charge in [-0.25, -0.2) is 0 Å². The van der Waals surface area contributed by atoms with E-state index in [2.05, 4.69) is 9.80 Å². The first-order valence-electron chi connectivity index (χ1n) is 5.62. The largest absolute Gasteiger partial charge is 0.395 e. The molecule has 84 valence electrons. The Morgan fingerprint density at radius 1 is 1.00 bits per heavy atom. The van der Waals surface area contributed by atoms with E-state index < -0.39 is 0 Å². The van der Waals surface area contributed by atoms with Crippen LogP contribution in [0.2, 0.25) is 0 Å². The van der Waals surface area contributed by atoms with E-state index in [1.54, 1.807) is 0 Å². The fourth-order valence-electron chi connectivity index (χ4n) is 1.93. The summed E-state index contributed by atoms with van der Waals surface area (Å²) >= 11 is 0. The van der Waals surface area contributed by atoms with Crippen molar-refractivity contribution in [3.05, 3.63) is 0 Å². The summed E-state index contributed by atoms with van der Waals surface area (Å²) in [5.74, 6) is 0. The smallest absolute Gasteiger partial charge is 0.0558 e. The Morgan fingerprint density at radius 2 is 1.64 bits per heavy atom. The van der Waals surface area contributed by atoms with Crippen LogP contribution in [0.3, 0.4) is 0 Å². The van der Waals surface area contributed by atoms with Crippen molar-refractivity contribution in [3.8, 4) is 0 Å². The minimum Gasteiger partial charge on any atom is -0.395 e. The minimum atomic E-state index is 0.281. The summed E-state index contributed by atoms with van der Waals surface area (Å²) in [6, 6.07) is 0. The Hall–Kier alpha value is -0.160. The molecule has 0 saturated carbocycles. The van der Waals surface area contributed by atoms with Crippen molar-refractivity contribution in [1.29, 1.82) is 0 Å². The van der Waals surface area contributed by atoms with Crippen molar-refractivity contribution < 1.29 is 5.11 Å². The van der Waals surface area contributed by atoms with Crippen LogP contribution >= 0.6 is 0 Å². The average Bonchev–Trinajstić information content (AvgIpc) is 2.41. The maximum Gasteiger partial charge on any atom is 0.0558 e. The van der Waals surface area contributed by atoms with Crippen molar-refractivity contribution >= 4 is 0 Å². The van der Waals surface area contributed by atoms with Crippen LogP contribution in [0.5, 0.6) is 0 Å². The Labute approximate surface area is 86.7 Å². The van der Waals surface area contributed by atoms with E-state index in [0.29, 0.717) is 0 Å². The minimum absolute atomic E-state index is 0.281. The number of hydrogen-bond donors (Lipinski definition) is 2. The van der Waals surface area contributed by atoms with Gasteiger partial charge in [0.25, 0.3) is 0 Å². The predicted octanol–water partition coefficient (Wildman–Crippen LogP) is -0.665. The van der Waals surface area contributed by atoms with Gasteiger partial charge in [0.15, 0.2) is 0 Å². The monoisotopic (exact) mass is 201 g/mol. The first-order chi connectivity index (χ1) is 6.86. The van der Waals surface area contributed by atoms with Gasteiger partial charge in [-0.3, -0.25) is 4.90 Å². The third-order valence-electron chi connectivity index (χ3n) is 2.78. The van der Waals surface area contributed by atoms with Crippen molar-refractivity contribution in [2.45, 2.75) is 12.8 Å². The molecule has 1 aliphatic heterocycles. The fourth-order valence-corrected chi connectivity index (χ4v) is 1.93. The molecule has 1 rings (SSSR count). The van der Waals surface area contributed by atoms with Crippen LogP contribution in [0.15, 0.2) is 0 Å².